The maximum absolute atomic E-state index is 14.6. The van der Waals surface area contributed by atoms with E-state index in [2.05, 4.69) is 10.2 Å². The van der Waals surface area contributed by atoms with Crippen molar-refractivity contribution in [2.75, 3.05) is 26.2 Å². The van der Waals surface area contributed by atoms with Gasteiger partial charge in [0.25, 0.3) is 0 Å². The van der Waals surface area contributed by atoms with Crippen LogP contribution in [0.25, 0.3) is 0 Å². The number of rotatable bonds is 3. The number of nitrogens with one attached hydrogen (secondary N) is 1. The zero-order valence-corrected chi connectivity index (χ0v) is 16.1. The second-order valence-corrected chi connectivity index (χ2v) is 6.75. The van der Waals surface area contributed by atoms with E-state index in [4.69, 9.17) is 23.2 Å². The summed E-state index contributed by atoms with van der Waals surface area (Å²) in [5.41, 5.74) is 0.480. The van der Waals surface area contributed by atoms with Gasteiger partial charge in [-0.1, -0.05) is 29.3 Å². The number of halogens is 5. The van der Waals surface area contributed by atoms with Crippen molar-refractivity contribution in [3.63, 3.8) is 0 Å². The summed E-state index contributed by atoms with van der Waals surface area (Å²) in [5.74, 6) is -0.416. The molecule has 1 saturated heterocycles. The van der Waals surface area contributed by atoms with Crippen molar-refractivity contribution >= 4 is 59.4 Å². The quantitative estimate of drug-likeness (QED) is 0.704. The van der Waals surface area contributed by atoms with E-state index in [0.29, 0.717) is 10.6 Å². The first-order valence-electron chi connectivity index (χ1n) is 6.80. The first-order valence-corrected chi connectivity index (χ1v) is 8.43. The standard InChI is InChI=1S/C15H15Cl2FN2S.2ClH/c16-10-3-4-11(17)14(18)13(10)15(12-2-1-9-21-12)20-7-5-19-6-8-20;;/h1-4,9,15,19H,5-8H2;2*1H/t15-;;/m0../s1. The minimum absolute atomic E-state index is 0. The Hall–Kier alpha value is -0.0700. The second-order valence-electron chi connectivity index (χ2n) is 4.96. The Morgan fingerprint density at radius 3 is 2.35 bits per heavy atom. The summed E-state index contributed by atoms with van der Waals surface area (Å²) in [6.45, 7) is 3.49. The van der Waals surface area contributed by atoms with Gasteiger partial charge in [0, 0.05) is 41.6 Å². The van der Waals surface area contributed by atoms with Crippen LogP contribution < -0.4 is 5.32 Å². The molecule has 1 aromatic carbocycles. The smallest absolute Gasteiger partial charge is 0.148 e. The fraction of sp³-hybridized carbons (Fsp3) is 0.333. The molecular weight excluding hydrogens is 401 g/mol. The fourth-order valence-corrected chi connectivity index (χ4v) is 3.97. The van der Waals surface area contributed by atoms with E-state index in [-0.39, 0.29) is 35.9 Å². The summed E-state index contributed by atoms with van der Waals surface area (Å²) >= 11 is 13.9. The average molecular weight is 418 g/mol. The molecule has 0 saturated carbocycles. The number of hydrogen-bond acceptors (Lipinski definition) is 3. The molecule has 128 valence electrons. The molecule has 0 bridgehead atoms. The average Bonchev–Trinajstić information content (AvgIpc) is 3.02. The minimum Gasteiger partial charge on any atom is -0.314 e. The topological polar surface area (TPSA) is 15.3 Å². The molecule has 23 heavy (non-hydrogen) atoms. The first kappa shape index (κ1) is 21.0. The molecule has 8 heteroatoms. The van der Waals surface area contributed by atoms with E-state index in [0.717, 1.165) is 31.1 Å². The summed E-state index contributed by atoms with van der Waals surface area (Å²) in [5, 5.41) is 5.86. The van der Waals surface area contributed by atoms with Gasteiger partial charge in [0.05, 0.1) is 11.1 Å². The number of piperazine rings is 1. The van der Waals surface area contributed by atoms with E-state index in [9.17, 15) is 4.39 Å². The predicted octanol–water partition coefficient (Wildman–Crippen LogP) is 5.03. The highest BCUT2D eigenvalue weighted by molar-refractivity contribution is 7.10. The molecule has 1 N–H and O–H groups in total. The molecule has 1 atom stereocenters. The van der Waals surface area contributed by atoms with Gasteiger partial charge in [-0.15, -0.1) is 36.2 Å². The highest BCUT2D eigenvalue weighted by Crippen LogP contribution is 2.39. The molecule has 0 radical (unpaired) electrons. The molecule has 0 amide bonds. The second kappa shape index (κ2) is 9.42. The Morgan fingerprint density at radius 1 is 1.09 bits per heavy atom. The van der Waals surface area contributed by atoms with Crippen LogP contribution in [0.15, 0.2) is 29.6 Å². The minimum atomic E-state index is -0.416. The van der Waals surface area contributed by atoms with Crippen LogP contribution in [0.2, 0.25) is 10.0 Å². The lowest BCUT2D eigenvalue weighted by Crippen LogP contribution is -2.45. The third-order valence-corrected chi connectivity index (χ3v) is 5.23. The van der Waals surface area contributed by atoms with Gasteiger partial charge in [-0.05, 0) is 23.6 Å². The van der Waals surface area contributed by atoms with Crippen molar-refractivity contribution in [1.82, 2.24) is 10.2 Å². The van der Waals surface area contributed by atoms with Crippen LogP contribution in [0.3, 0.4) is 0 Å². The first-order chi connectivity index (χ1) is 10.2. The van der Waals surface area contributed by atoms with Crippen LogP contribution in [0.5, 0.6) is 0 Å². The Morgan fingerprint density at radius 2 is 1.74 bits per heavy atom. The van der Waals surface area contributed by atoms with Crippen molar-refractivity contribution in [2.24, 2.45) is 0 Å². The fourth-order valence-electron chi connectivity index (χ4n) is 2.69. The highest BCUT2D eigenvalue weighted by Gasteiger charge is 2.29. The van der Waals surface area contributed by atoms with Crippen LogP contribution in [-0.2, 0) is 0 Å². The van der Waals surface area contributed by atoms with Crippen molar-refractivity contribution in [3.8, 4) is 0 Å². The summed E-state index contributed by atoms with van der Waals surface area (Å²) in [7, 11) is 0. The molecule has 1 aliphatic rings. The largest absolute Gasteiger partial charge is 0.314 e. The Balaban J connectivity index is 0.00000132. The summed E-state index contributed by atoms with van der Waals surface area (Å²) in [6, 6.07) is 7.00. The number of nitrogens with zero attached hydrogens (tertiary/aromatic N) is 1. The number of thiophene rings is 1. The van der Waals surface area contributed by atoms with Gasteiger partial charge in [-0.3, -0.25) is 4.90 Å². The normalized spacial score (nSPS) is 16.3. The van der Waals surface area contributed by atoms with Gasteiger partial charge >= 0.3 is 0 Å². The van der Waals surface area contributed by atoms with Crippen LogP contribution in [0.1, 0.15) is 16.5 Å². The van der Waals surface area contributed by atoms with Crippen molar-refractivity contribution in [1.29, 1.82) is 0 Å². The maximum atomic E-state index is 14.6. The van der Waals surface area contributed by atoms with Crippen molar-refractivity contribution in [2.45, 2.75) is 6.04 Å². The van der Waals surface area contributed by atoms with Gasteiger partial charge in [-0.25, -0.2) is 4.39 Å². The molecule has 3 rings (SSSR count). The lowest BCUT2D eigenvalue weighted by molar-refractivity contribution is 0.197. The van der Waals surface area contributed by atoms with E-state index in [1.165, 1.54) is 6.07 Å². The zero-order chi connectivity index (χ0) is 14.8. The maximum Gasteiger partial charge on any atom is 0.148 e. The lowest BCUT2D eigenvalue weighted by Gasteiger charge is -2.35. The molecule has 2 heterocycles. The van der Waals surface area contributed by atoms with Crippen molar-refractivity contribution in [3.05, 3.63) is 55.9 Å². The Labute approximate surface area is 161 Å². The summed E-state index contributed by atoms with van der Waals surface area (Å²) in [4.78, 5) is 3.34. The summed E-state index contributed by atoms with van der Waals surface area (Å²) in [6.07, 6.45) is 0. The molecular formula is C15H17Cl4FN2S. The molecule has 2 aromatic rings. The molecule has 0 aliphatic carbocycles. The SMILES string of the molecule is Cl.Cl.Fc1c(Cl)ccc(Cl)c1[C@H](c1cccs1)N1CCNCC1. The molecule has 1 aromatic heterocycles. The van der Waals surface area contributed by atoms with Crippen molar-refractivity contribution < 1.29 is 4.39 Å². The highest BCUT2D eigenvalue weighted by atomic mass is 35.5. The summed E-state index contributed by atoms with van der Waals surface area (Å²) < 4.78 is 14.6. The zero-order valence-electron chi connectivity index (χ0n) is 12.1. The van der Waals surface area contributed by atoms with Gasteiger partial charge in [-0.2, -0.15) is 0 Å². The van der Waals surface area contributed by atoms with Crippen LogP contribution in [0.4, 0.5) is 4.39 Å². The molecule has 2 nitrogen and oxygen atoms in total. The van der Waals surface area contributed by atoms with Crippen LogP contribution in [-0.4, -0.2) is 31.1 Å². The van der Waals surface area contributed by atoms with Gasteiger partial charge in [0.1, 0.15) is 5.82 Å². The monoisotopic (exact) mass is 416 g/mol. The van der Waals surface area contributed by atoms with Gasteiger partial charge < -0.3 is 5.32 Å². The van der Waals surface area contributed by atoms with Gasteiger partial charge in [0.2, 0.25) is 0 Å². The van der Waals surface area contributed by atoms with E-state index >= 15 is 0 Å². The number of benzene rings is 1. The molecule has 0 unspecified atom stereocenters. The van der Waals surface area contributed by atoms with E-state index < -0.39 is 5.82 Å². The Bertz CT molecular complexity index is 618. The molecule has 1 fully saturated rings. The molecule has 0 spiro atoms. The third-order valence-electron chi connectivity index (χ3n) is 3.68. The van der Waals surface area contributed by atoms with E-state index in [1.54, 1.807) is 17.4 Å². The van der Waals surface area contributed by atoms with Gasteiger partial charge in [0.15, 0.2) is 0 Å². The third kappa shape index (κ3) is 4.51. The predicted molar refractivity (Wildman–Crippen MR) is 102 cm³/mol. The Kier molecular flexibility index (Phi) is 8.59. The number of hydrogen-bond donors (Lipinski definition) is 1. The lowest BCUT2D eigenvalue weighted by atomic mass is 10.0. The molecule has 1 aliphatic heterocycles. The van der Waals surface area contributed by atoms with Crippen LogP contribution >= 0.6 is 59.4 Å². The van der Waals surface area contributed by atoms with E-state index in [1.807, 2.05) is 17.5 Å². The van der Waals surface area contributed by atoms with Crippen LogP contribution in [0, 0.1) is 5.82 Å².